The zero-order valence-corrected chi connectivity index (χ0v) is 13.0. The first kappa shape index (κ1) is 15.0. The van der Waals surface area contributed by atoms with Crippen LogP contribution in [0, 0.1) is 0 Å². The SMILES string of the molecule is CN1C(=O)C(=Cc2ccc(Cl)c(Cl)c2)C(=O)N(C)C1=S. The molecule has 1 fully saturated rings. The first-order valence-corrected chi connectivity index (χ1v) is 6.76. The van der Waals surface area contributed by atoms with Crippen LogP contribution in [0.1, 0.15) is 5.56 Å². The summed E-state index contributed by atoms with van der Waals surface area (Å²) in [4.78, 5) is 26.7. The summed E-state index contributed by atoms with van der Waals surface area (Å²) in [7, 11) is 3.05. The third kappa shape index (κ3) is 2.57. The van der Waals surface area contributed by atoms with Gasteiger partial charge in [-0.1, -0.05) is 29.3 Å². The summed E-state index contributed by atoms with van der Waals surface area (Å²) in [6.45, 7) is 0. The maximum Gasteiger partial charge on any atom is 0.265 e. The topological polar surface area (TPSA) is 40.6 Å². The molecule has 0 spiro atoms. The van der Waals surface area contributed by atoms with Crippen molar-refractivity contribution in [2.24, 2.45) is 0 Å². The minimum Gasteiger partial charge on any atom is -0.288 e. The molecule has 2 amide bonds. The number of halogens is 2. The van der Waals surface area contributed by atoms with Crippen LogP contribution in [0.4, 0.5) is 0 Å². The quantitative estimate of drug-likeness (QED) is 0.452. The maximum absolute atomic E-state index is 12.1. The number of hydrogen-bond donors (Lipinski definition) is 0. The van der Waals surface area contributed by atoms with E-state index in [1.807, 2.05) is 0 Å². The van der Waals surface area contributed by atoms with Crippen LogP contribution in [0.15, 0.2) is 23.8 Å². The molecule has 1 aliphatic rings. The molecule has 0 bridgehead atoms. The zero-order valence-electron chi connectivity index (χ0n) is 10.7. The van der Waals surface area contributed by atoms with E-state index in [9.17, 15) is 9.59 Å². The van der Waals surface area contributed by atoms with E-state index in [0.717, 1.165) is 0 Å². The summed E-state index contributed by atoms with van der Waals surface area (Å²) < 4.78 is 0. The number of hydrogen-bond acceptors (Lipinski definition) is 3. The molecule has 0 radical (unpaired) electrons. The molecule has 0 aliphatic carbocycles. The average molecular weight is 329 g/mol. The molecule has 4 nitrogen and oxygen atoms in total. The Balaban J connectivity index is 2.46. The molecule has 1 saturated heterocycles. The second-order valence-electron chi connectivity index (χ2n) is 4.24. The molecule has 104 valence electrons. The van der Waals surface area contributed by atoms with E-state index < -0.39 is 11.8 Å². The Kier molecular flexibility index (Phi) is 4.13. The number of rotatable bonds is 1. The monoisotopic (exact) mass is 328 g/mol. The fourth-order valence-electron chi connectivity index (χ4n) is 1.74. The van der Waals surface area contributed by atoms with Crippen molar-refractivity contribution in [3.05, 3.63) is 39.4 Å². The van der Waals surface area contributed by atoms with Crippen LogP contribution in [0.25, 0.3) is 6.08 Å². The summed E-state index contributed by atoms with van der Waals surface area (Å²) in [5.74, 6) is -0.881. The lowest BCUT2D eigenvalue weighted by Gasteiger charge is -2.31. The molecule has 1 aliphatic heterocycles. The third-order valence-electron chi connectivity index (χ3n) is 2.90. The van der Waals surface area contributed by atoms with Crippen LogP contribution in [0.3, 0.4) is 0 Å². The fourth-order valence-corrected chi connectivity index (χ4v) is 2.22. The Morgan fingerprint density at radius 2 is 1.60 bits per heavy atom. The highest BCUT2D eigenvalue weighted by atomic mass is 35.5. The van der Waals surface area contributed by atoms with Crippen LogP contribution < -0.4 is 0 Å². The smallest absolute Gasteiger partial charge is 0.265 e. The van der Waals surface area contributed by atoms with Crippen molar-refractivity contribution in [1.82, 2.24) is 9.80 Å². The second kappa shape index (κ2) is 5.52. The van der Waals surface area contributed by atoms with Gasteiger partial charge in [0.25, 0.3) is 11.8 Å². The van der Waals surface area contributed by atoms with Crippen LogP contribution >= 0.6 is 35.4 Å². The van der Waals surface area contributed by atoms with Crippen LogP contribution in [0.2, 0.25) is 10.0 Å². The number of likely N-dealkylation sites (N-methyl/N-ethyl adjacent to an activating group) is 2. The largest absolute Gasteiger partial charge is 0.288 e. The van der Waals surface area contributed by atoms with Crippen molar-refractivity contribution in [2.45, 2.75) is 0 Å². The number of nitrogens with zero attached hydrogens (tertiary/aromatic N) is 2. The zero-order chi connectivity index (χ0) is 15.0. The lowest BCUT2D eigenvalue weighted by molar-refractivity contribution is -0.132. The van der Waals surface area contributed by atoms with Crippen LogP contribution in [-0.4, -0.2) is 40.8 Å². The summed E-state index contributed by atoms with van der Waals surface area (Å²) in [5, 5.41) is 0.936. The minimum atomic E-state index is -0.441. The summed E-state index contributed by atoms with van der Waals surface area (Å²) in [6, 6.07) is 4.87. The Morgan fingerprint density at radius 1 is 1.05 bits per heavy atom. The molecule has 0 saturated carbocycles. The number of carbonyl (C=O) groups is 2. The van der Waals surface area contributed by atoms with Gasteiger partial charge in [-0.15, -0.1) is 0 Å². The average Bonchev–Trinajstić information content (AvgIpc) is 2.43. The van der Waals surface area contributed by atoms with Gasteiger partial charge in [-0.05, 0) is 36.0 Å². The standard InChI is InChI=1S/C13H10Cl2N2O2S/c1-16-11(18)8(12(19)17(2)13(16)20)5-7-3-4-9(14)10(15)6-7/h3-6H,1-2H3. The Hall–Kier alpha value is -1.43. The van der Waals surface area contributed by atoms with Gasteiger partial charge in [0.15, 0.2) is 5.11 Å². The van der Waals surface area contributed by atoms with Crippen LogP contribution in [0.5, 0.6) is 0 Å². The number of thiocarbonyl (C=S) groups is 1. The molecule has 0 aromatic heterocycles. The van der Waals surface area contributed by atoms with Gasteiger partial charge < -0.3 is 0 Å². The van der Waals surface area contributed by atoms with E-state index in [1.54, 1.807) is 18.2 Å². The van der Waals surface area contributed by atoms with Gasteiger partial charge in [-0.3, -0.25) is 19.4 Å². The molecule has 1 aromatic carbocycles. The van der Waals surface area contributed by atoms with Gasteiger partial charge >= 0.3 is 0 Å². The highest BCUT2D eigenvalue weighted by Gasteiger charge is 2.35. The number of carbonyl (C=O) groups excluding carboxylic acids is 2. The lowest BCUT2D eigenvalue weighted by atomic mass is 10.1. The van der Waals surface area contributed by atoms with Gasteiger partial charge in [0, 0.05) is 14.1 Å². The van der Waals surface area contributed by atoms with E-state index in [1.165, 1.54) is 30.0 Å². The first-order chi connectivity index (χ1) is 9.32. The molecule has 0 N–H and O–H groups in total. The molecular formula is C13H10Cl2N2O2S. The molecular weight excluding hydrogens is 319 g/mol. The highest BCUT2D eigenvalue weighted by molar-refractivity contribution is 7.80. The Morgan fingerprint density at radius 3 is 2.10 bits per heavy atom. The van der Waals surface area contributed by atoms with Crippen molar-refractivity contribution < 1.29 is 9.59 Å². The summed E-state index contributed by atoms with van der Waals surface area (Å²) in [5.41, 5.74) is 0.646. The molecule has 7 heteroatoms. The summed E-state index contributed by atoms with van der Waals surface area (Å²) >= 11 is 16.7. The molecule has 0 unspecified atom stereocenters. The van der Waals surface area contributed by atoms with Gasteiger partial charge in [-0.25, -0.2) is 0 Å². The highest BCUT2D eigenvalue weighted by Crippen LogP contribution is 2.25. The number of amides is 2. The predicted octanol–water partition coefficient (Wildman–Crippen LogP) is 2.59. The normalized spacial score (nSPS) is 16.0. The van der Waals surface area contributed by atoms with Gasteiger partial charge in [0.2, 0.25) is 0 Å². The van der Waals surface area contributed by atoms with Crippen molar-refractivity contribution in [3.8, 4) is 0 Å². The molecule has 20 heavy (non-hydrogen) atoms. The van der Waals surface area contributed by atoms with Gasteiger partial charge in [0.1, 0.15) is 5.57 Å². The number of benzene rings is 1. The van der Waals surface area contributed by atoms with Gasteiger partial charge in [-0.2, -0.15) is 0 Å². The van der Waals surface area contributed by atoms with Crippen molar-refractivity contribution in [2.75, 3.05) is 14.1 Å². The Labute approximate surface area is 131 Å². The van der Waals surface area contributed by atoms with Crippen molar-refractivity contribution >= 4 is 58.4 Å². The Bertz CT molecular complexity index is 632. The maximum atomic E-state index is 12.1. The van der Waals surface area contributed by atoms with E-state index in [2.05, 4.69) is 0 Å². The summed E-state index contributed by atoms with van der Waals surface area (Å²) in [6.07, 6.45) is 1.47. The van der Waals surface area contributed by atoms with E-state index >= 15 is 0 Å². The fraction of sp³-hybridized carbons (Fsp3) is 0.154. The molecule has 1 heterocycles. The predicted molar refractivity (Wildman–Crippen MR) is 82.6 cm³/mol. The van der Waals surface area contributed by atoms with E-state index in [4.69, 9.17) is 35.4 Å². The van der Waals surface area contributed by atoms with Crippen LogP contribution in [-0.2, 0) is 9.59 Å². The first-order valence-electron chi connectivity index (χ1n) is 5.59. The lowest BCUT2D eigenvalue weighted by Crippen LogP contribution is -2.52. The second-order valence-corrected chi connectivity index (χ2v) is 5.42. The van der Waals surface area contributed by atoms with E-state index in [-0.39, 0.29) is 10.7 Å². The minimum absolute atomic E-state index is 0.0296. The molecule has 2 rings (SSSR count). The van der Waals surface area contributed by atoms with Crippen molar-refractivity contribution in [1.29, 1.82) is 0 Å². The third-order valence-corrected chi connectivity index (χ3v) is 4.19. The molecule has 1 aromatic rings. The van der Waals surface area contributed by atoms with E-state index in [0.29, 0.717) is 15.6 Å². The van der Waals surface area contributed by atoms with Gasteiger partial charge in [0.05, 0.1) is 10.0 Å². The molecule has 0 atom stereocenters. The van der Waals surface area contributed by atoms with Crippen molar-refractivity contribution in [3.63, 3.8) is 0 Å².